The summed E-state index contributed by atoms with van der Waals surface area (Å²) in [4.78, 5) is 36.3. The summed E-state index contributed by atoms with van der Waals surface area (Å²) in [5, 5.41) is 1.73. The fourth-order valence-electron chi connectivity index (χ4n) is 4.50. The second-order valence-corrected chi connectivity index (χ2v) is 8.39. The maximum Gasteiger partial charge on any atom is 0.262 e. The van der Waals surface area contributed by atoms with Crippen LogP contribution in [0.5, 0.6) is 0 Å². The van der Waals surface area contributed by atoms with E-state index in [1.54, 1.807) is 5.06 Å². The number of fused-ring (bicyclic) bond motifs is 1. The molecule has 3 atom stereocenters. The molecule has 2 fully saturated rings. The third kappa shape index (κ3) is 3.42. The third-order valence-corrected chi connectivity index (χ3v) is 6.15. The zero-order chi connectivity index (χ0) is 22.2. The van der Waals surface area contributed by atoms with E-state index in [9.17, 15) is 9.59 Å². The van der Waals surface area contributed by atoms with Crippen LogP contribution in [0.15, 0.2) is 84.9 Å². The van der Waals surface area contributed by atoms with Gasteiger partial charge in [-0.15, -0.1) is 0 Å². The minimum atomic E-state index is -0.829. The summed E-state index contributed by atoms with van der Waals surface area (Å²) in [6, 6.07) is 26.9. The first-order valence-electron chi connectivity index (χ1n) is 10.7. The number of likely N-dealkylation sites (tertiary alicyclic amines) is 1. The zero-order valence-electron chi connectivity index (χ0n) is 18.1. The van der Waals surface area contributed by atoms with Gasteiger partial charge < -0.3 is 4.90 Å². The SMILES string of the molecule is CN(C)c1ccc([C@@H]2[C@@H]3C(=O)N(Cc4ccccc4)C(=O)[C@@H]3ON2c2ccccc2)cc1. The van der Waals surface area contributed by atoms with Gasteiger partial charge in [0.15, 0.2) is 6.10 Å². The first kappa shape index (κ1) is 20.3. The van der Waals surface area contributed by atoms with Crippen LogP contribution < -0.4 is 9.96 Å². The van der Waals surface area contributed by atoms with Crippen LogP contribution in [-0.2, 0) is 21.0 Å². The molecule has 32 heavy (non-hydrogen) atoms. The summed E-state index contributed by atoms with van der Waals surface area (Å²) in [6.07, 6.45) is -0.829. The fourth-order valence-corrected chi connectivity index (χ4v) is 4.50. The first-order chi connectivity index (χ1) is 15.5. The van der Waals surface area contributed by atoms with Gasteiger partial charge in [0.05, 0.1) is 18.3 Å². The Morgan fingerprint density at radius 3 is 2.06 bits per heavy atom. The van der Waals surface area contributed by atoms with Crippen molar-refractivity contribution in [3.8, 4) is 0 Å². The molecule has 6 heteroatoms. The lowest BCUT2D eigenvalue weighted by atomic mass is 9.90. The van der Waals surface area contributed by atoms with Crippen molar-refractivity contribution in [3.63, 3.8) is 0 Å². The lowest BCUT2D eigenvalue weighted by Crippen LogP contribution is -2.36. The van der Waals surface area contributed by atoms with Crippen molar-refractivity contribution >= 4 is 23.2 Å². The first-order valence-corrected chi connectivity index (χ1v) is 10.7. The lowest BCUT2D eigenvalue weighted by molar-refractivity contribution is -0.143. The second-order valence-electron chi connectivity index (χ2n) is 8.39. The van der Waals surface area contributed by atoms with E-state index < -0.39 is 18.1 Å². The number of para-hydroxylation sites is 1. The zero-order valence-corrected chi connectivity index (χ0v) is 18.1. The molecule has 2 amide bonds. The Morgan fingerprint density at radius 2 is 1.44 bits per heavy atom. The van der Waals surface area contributed by atoms with Crippen molar-refractivity contribution in [2.45, 2.75) is 18.7 Å². The molecule has 0 aromatic heterocycles. The van der Waals surface area contributed by atoms with E-state index in [0.29, 0.717) is 0 Å². The molecule has 0 unspecified atom stereocenters. The molecular weight excluding hydrogens is 402 g/mol. The Labute approximate surface area is 187 Å². The molecule has 0 saturated carbocycles. The molecule has 0 bridgehead atoms. The van der Waals surface area contributed by atoms with Crippen LogP contribution in [-0.4, -0.2) is 36.9 Å². The average Bonchev–Trinajstić information content (AvgIpc) is 3.32. The predicted molar refractivity (Wildman–Crippen MR) is 123 cm³/mol. The number of hydrogen-bond donors (Lipinski definition) is 0. The topological polar surface area (TPSA) is 53.1 Å². The minimum absolute atomic E-state index is 0.191. The molecule has 0 aliphatic carbocycles. The van der Waals surface area contributed by atoms with E-state index in [0.717, 1.165) is 22.5 Å². The number of nitrogens with zero attached hydrogens (tertiary/aromatic N) is 3. The fraction of sp³-hybridized carbons (Fsp3) is 0.231. The summed E-state index contributed by atoms with van der Waals surface area (Å²) < 4.78 is 0. The smallest absolute Gasteiger partial charge is 0.262 e. The second kappa shape index (κ2) is 8.13. The van der Waals surface area contributed by atoms with Crippen molar-refractivity contribution in [1.29, 1.82) is 0 Å². The van der Waals surface area contributed by atoms with Crippen molar-refractivity contribution in [2.75, 3.05) is 24.1 Å². The minimum Gasteiger partial charge on any atom is -0.378 e. The summed E-state index contributed by atoms with van der Waals surface area (Å²) in [6.45, 7) is 0.256. The maximum absolute atomic E-state index is 13.5. The van der Waals surface area contributed by atoms with Crippen LogP contribution in [0.25, 0.3) is 0 Å². The van der Waals surface area contributed by atoms with Gasteiger partial charge in [-0.1, -0.05) is 60.7 Å². The summed E-state index contributed by atoms with van der Waals surface area (Å²) >= 11 is 0. The molecule has 6 nitrogen and oxygen atoms in total. The average molecular weight is 428 g/mol. The molecule has 2 saturated heterocycles. The molecule has 3 aromatic rings. The number of anilines is 2. The number of rotatable bonds is 5. The Morgan fingerprint density at radius 1 is 0.812 bits per heavy atom. The highest BCUT2D eigenvalue weighted by Gasteiger charge is 2.59. The largest absolute Gasteiger partial charge is 0.378 e. The van der Waals surface area contributed by atoms with Crippen LogP contribution in [0.3, 0.4) is 0 Å². The highest BCUT2D eigenvalue weighted by atomic mass is 16.7. The predicted octanol–water partition coefficient (Wildman–Crippen LogP) is 3.80. The van der Waals surface area contributed by atoms with Gasteiger partial charge in [0.2, 0.25) is 5.91 Å². The standard InChI is InChI=1S/C26H25N3O3/c1-27(2)20-15-13-19(14-16-20)23-22-24(32-29(23)21-11-7-4-8-12-21)26(31)28(25(22)30)17-18-9-5-3-6-10-18/h3-16,22-24H,17H2,1-2H3/t22-,23+,24+/m0/s1. The Hall–Kier alpha value is -3.64. The number of carbonyl (C=O) groups is 2. The van der Waals surface area contributed by atoms with Crippen LogP contribution in [0.1, 0.15) is 17.2 Å². The molecule has 0 radical (unpaired) electrons. The van der Waals surface area contributed by atoms with Gasteiger partial charge in [0.1, 0.15) is 5.92 Å². The van der Waals surface area contributed by atoms with E-state index in [-0.39, 0.29) is 18.4 Å². The molecule has 162 valence electrons. The van der Waals surface area contributed by atoms with Crippen molar-refractivity contribution < 1.29 is 14.4 Å². The highest BCUT2D eigenvalue weighted by Crippen LogP contribution is 2.47. The van der Waals surface area contributed by atoms with Gasteiger partial charge in [0, 0.05) is 19.8 Å². The van der Waals surface area contributed by atoms with Crippen LogP contribution in [0.4, 0.5) is 11.4 Å². The van der Waals surface area contributed by atoms with Gasteiger partial charge in [-0.2, -0.15) is 0 Å². The Kier molecular flexibility index (Phi) is 5.15. The lowest BCUT2D eigenvalue weighted by Gasteiger charge is -2.29. The van der Waals surface area contributed by atoms with Gasteiger partial charge in [-0.3, -0.25) is 19.3 Å². The molecule has 5 rings (SSSR count). The van der Waals surface area contributed by atoms with E-state index in [1.165, 1.54) is 4.90 Å². The van der Waals surface area contributed by atoms with Gasteiger partial charge in [-0.05, 0) is 35.4 Å². The number of imide groups is 1. The normalized spacial score (nSPS) is 22.4. The number of hydroxylamine groups is 1. The highest BCUT2D eigenvalue weighted by molar-refractivity contribution is 6.07. The Bertz CT molecular complexity index is 1120. The summed E-state index contributed by atoms with van der Waals surface area (Å²) in [5.41, 5.74) is 3.74. The molecule has 0 spiro atoms. The van der Waals surface area contributed by atoms with Crippen molar-refractivity contribution in [2.24, 2.45) is 5.92 Å². The number of hydrogen-bond acceptors (Lipinski definition) is 5. The van der Waals surface area contributed by atoms with Crippen LogP contribution in [0, 0.1) is 5.92 Å². The van der Waals surface area contributed by atoms with E-state index >= 15 is 0 Å². The van der Waals surface area contributed by atoms with E-state index in [4.69, 9.17) is 4.84 Å². The molecule has 3 aromatic carbocycles. The molecule has 2 heterocycles. The summed E-state index contributed by atoms with van der Waals surface area (Å²) in [7, 11) is 3.97. The van der Waals surface area contributed by atoms with Crippen molar-refractivity contribution in [3.05, 3.63) is 96.1 Å². The van der Waals surface area contributed by atoms with Crippen LogP contribution >= 0.6 is 0 Å². The number of carbonyl (C=O) groups excluding carboxylic acids is 2. The monoisotopic (exact) mass is 427 g/mol. The number of amides is 2. The van der Waals surface area contributed by atoms with E-state index in [1.807, 2.05) is 104 Å². The molecule has 2 aliphatic heterocycles. The quantitative estimate of drug-likeness (QED) is 0.580. The summed E-state index contributed by atoms with van der Waals surface area (Å²) in [5.74, 6) is -1.07. The maximum atomic E-state index is 13.5. The molecule has 2 aliphatic rings. The van der Waals surface area contributed by atoms with Gasteiger partial charge in [0.25, 0.3) is 5.91 Å². The number of benzene rings is 3. The molecular formula is C26H25N3O3. The van der Waals surface area contributed by atoms with E-state index in [2.05, 4.69) is 0 Å². The van der Waals surface area contributed by atoms with Crippen molar-refractivity contribution in [1.82, 2.24) is 4.90 Å². The Balaban J connectivity index is 1.51. The molecule has 0 N–H and O–H groups in total. The third-order valence-electron chi connectivity index (χ3n) is 6.15. The van der Waals surface area contributed by atoms with Crippen LogP contribution in [0.2, 0.25) is 0 Å². The van der Waals surface area contributed by atoms with Gasteiger partial charge in [-0.25, -0.2) is 5.06 Å². The van der Waals surface area contributed by atoms with Gasteiger partial charge >= 0.3 is 0 Å².